The third kappa shape index (κ3) is 4.98. The van der Waals surface area contributed by atoms with E-state index in [9.17, 15) is 9.59 Å². The first-order valence-electron chi connectivity index (χ1n) is 11.2. The van der Waals surface area contributed by atoms with E-state index in [0.29, 0.717) is 41.3 Å². The molecule has 1 aliphatic heterocycles. The molecule has 35 heavy (non-hydrogen) atoms. The van der Waals surface area contributed by atoms with Crippen molar-refractivity contribution in [3.63, 3.8) is 0 Å². The van der Waals surface area contributed by atoms with Crippen LogP contribution < -0.4 is 26.2 Å². The van der Waals surface area contributed by atoms with Gasteiger partial charge in [0.25, 0.3) is 0 Å². The summed E-state index contributed by atoms with van der Waals surface area (Å²) in [5.74, 6) is 1.09. The second-order valence-corrected chi connectivity index (χ2v) is 8.02. The topological polar surface area (TPSA) is 141 Å². The van der Waals surface area contributed by atoms with E-state index in [4.69, 9.17) is 4.98 Å². The Hall–Kier alpha value is -4.67. The Morgan fingerprint density at radius 3 is 2.86 bits per heavy atom. The molecule has 0 radical (unpaired) electrons. The quantitative estimate of drug-likeness (QED) is 0.320. The molecule has 3 amide bonds. The molecule has 176 valence electrons. The van der Waals surface area contributed by atoms with Crippen LogP contribution in [0, 0.1) is 0 Å². The molecule has 11 heteroatoms. The predicted octanol–water partition coefficient (Wildman–Crippen LogP) is 2.52. The van der Waals surface area contributed by atoms with Gasteiger partial charge >= 0.3 is 6.03 Å². The smallest absolute Gasteiger partial charge is 0.356 e. The molecule has 3 N–H and O–H groups in total. The number of fused-ring (bicyclic) bond motifs is 2. The maximum absolute atomic E-state index is 11.4. The number of aromatic nitrogens is 4. The number of carbonyl (C=O) groups excluding carboxylic acids is 2. The summed E-state index contributed by atoms with van der Waals surface area (Å²) in [4.78, 5) is 41.6. The highest BCUT2D eigenvalue weighted by Crippen LogP contribution is 2.31. The van der Waals surface area contributed by atoms with Crippen molar-refractivity contribution >= 4 is 46.0 Å². The fourth-order valence-corrected chi connectivity index (χ4v) is 3.91. The van der Waals surface area contributed by atoms with Crippen LogP contribution in [0.25, 0.3) is 10.9 Å². The van der Waals surface area contributed by atoms with Gasteiger partial charge in [-0.25, -0.2) is 9.78 Å². The molecular weight excluding hydrogens is 446 g/mol. The van der Waals surface area contributed by atoms with Crippen molar-refractivity contribution in [2.45, 2.75) is 19.8 Å². The van der Waals surface area contributed by atoms with E-state index in [2.05, 4.69) is 40.7 Å². The molecule has 5 rings (SSSR count). The molecular formula is C24H23N9O2. The molecule has 1 aliphatic rings. The molecule has 0 aliphatic carbocycles. The van der Waals surface area contributed by atoms with Crippen LogP contribution in [-0.2, 0) is 4.79 Å². The molecule has 0 atom stereocenters. The van der Waals surface area contributed by atoms with Gasteiger partial charge in [0.2, 0.25) is 11.9 Å². The number of nitrogens with zero attached hydrogens (tertiary/aromatic N) is 6. The van der Waals surface area contributed by atoms with Crippen LogP contribution in [0.5, 0.6) is 0 Å². The zero-order chi connectivity index (χ0) is 24.2. The molecule has 0 bridgehead atoms. The molecule has 11 nitrogen and oxygen atoms in total. The van der Waals surface area contributed by atoms with E-state index in [-0.39, 0.29) is 5.91 Å². The summed E-state index contributed by atoms with van der Waals surface area (Å²) in [6.45, 7) is 2.82. The molecule has 0 unspecified atom stereocenters. The van der Waals surface area contributed by atoms with Crippen LogP contribution >= 0.6 is 0 Å². The second-order valence-electron chi connectivity index (χ2n) is 8.02. The number of unbranched alkanes of at least 4 members (excludes halogenated alkanes) is 1. The highest BCUT2D eigenvalue weighted by atomic mass is 16.2. The Morgan fingerprint density at radius 1 is 1.09 bits per heavy atom. The van der Waals surface area contributed by atoms with Gasteiger partial charge in [-0.3, -0.25) is 9.89 Å². The summed E-state index contributed by atoms with van der Waals surface area (Å²) < 4.78 is 0. The molecule has 3 heterocycles. The molecule has 0 saturated heterocycles. The third-order valence-electron chi connectivity index (χ3n) is 5.52. The van der Waals surface area contributed by atoms with Crippen molar-refractivity contribution < 1.29 is 9.59 Å². The minimum absolute atomic E-state index is 0.0334. The van der Waals surface area contributed by atoms with Gasteiger partial charge in [-0.1, -0.05) is 6.07 Å². The normalized spacial score (nSPS) is 12.1. The van der Waals surface area contributed by atoms with Crippen LogP contribution in [0.2, 0.25) is 0 Å². The van der Waals surface area contributed by atoms with E-state index in [1.807, 2.05) is 24.3 Å². The van der Waals surface area contributed by atoms with E-state index in [1.54, 1.807) is 30.6 Å². The zero-order valence-electron chi connectivity index (χ0n) is 19.0. The van der Waals surface area contributed by atoms with Crippen molar-refractivity contribution in [2.75, 3.05) is 23.3 Å². The van der Waals surface area contributed by atoms with Gasteiger partial charge in [0.05, 0.1) is 28.1 Å². The Bertz CT molecular complexity index is 1530. The van der Waals surface area contributed by atoms with Crippen molar-refractivity contribution in [3.05, 3.63) is 65.6 Å². The van der Waals surface area contributed by atoms with Crippen LogP contribution in [-0.4, -0.2) is 45.2 Å². The summed E-state index contributed by atoms with van der Waals surface area (Å²) in [6, 6.07) is 12.6. The summed E-state index contributed by atoms with van der Waals surface area (Å²) in [5.41, 5.74) is 2.60. The zero-order valence-corrected chi connectivity index (χ0v) is 19.0. The number of aromatic amines is 1. The molecule has 2 aromatic heterocycles. The predicted molar refractivity (Wildman–Crippen MR) is 130 cm³/mol. The number of hydrogen-bond donors (Lipinski definition) is 3. The third-order valence-corrected chi connectivity index (χ3v) is 5.52. The van der Waals surface area contributed by atoms with Crippen molar-refractivity contribution in [1.82, 2.24) is 25.5 Å². The van der Waals surface area contributed by atoms with Crippen molar-refractivity contribution in [1.29, 1.82) is 0 Å². The number of urea groups is 1. The van der Waals surface area contributed by atoms with Gasteiger partial charge < -0.3 is 15.5 Å². The van der Waals surface area contributed by atoms with Gasteiger partial charge in [-0.05, 0) is 49.2 Å². The Balaban J connectivity index is 1.42. The monoisotopic (exact) mass is 469 g/mol. The Morgan fingerprint density at radius 2 is 1.97 bits per heavy atom. The number of anilines is 4. The first-order chi connectivity index (χ1) is 17.1. The van der Waals surface area contributed by atoms with Crippen molar-refractivity contribution in [3.8, 4) is 0 Å². The fraction of sp³-hybridized carbons (Fsp3) is 0.208. The van der Waals surface area contributed by atoms with Crippen LogP contribution in [0.15, 0.2) is 64.8 Å². The van der Waals surface area contributed by atoms with Gasteiger partial charge in [0.1, 0.15) is 5.82 Å². The summed E-state index contributed by atoms with van der Waals surface area (Å²) in [7, 11) is 0. The first-order valence-corrected chi connectivity index (χ1v) is 11.2. The Labute approximate surface area is 200 Å². The van der Waals surface area contributed by atoms with Gasteiger partial charge in [-0.2, -0.15) is 20.1 Å². The highest BCUT2D eigenvalue weighted by molar-refractivity contribution is 5.93. The minimum atomic E-state index is -0.502. The second kappa shape index (κ2) is 9.67. The maximum Gasteiger partial charge on any atom is 0.368 e. The number of rotatable bonds is 9. The lowest BCUT2D eigenvalue weighted by Gasteiger charge is -2.25. The molecule has 4 aromatic rings. The highest BCUT2D eigenvalue weighted by Gasteiger charge is 2.16. The van der Waals surface area contributed by atoms with E-state index in [1.165, 1.54) is 6.92 Å². The van der Waals surface area contributed by atoms with E-state index in [0.717, 1.165) is 29.4 Å². The van der Waals surface area contributed by atoms with Crippen LogP contribution in [0.3, 0.4) is 0 Å². The van der Waals surface area contributed by atoms with Gasteiger partial charge in [-0.15, -0.1) is 0 Å². The molecule has 0 fully saturated rings. The average molecular weight is 470 g/mol. The number of carbonyl (C=O) groups is 2. The summed E-state index contributed by atoms with van der Waals surface area (Å²) in [6.07, 6.45) is 5.16. The maximum atomic E-state index is 11.4. The molecule has 0 spiro atoms. The lowest BCUT2D eigenvalue weighted by molar-refractivity contribution is -0.118. The summed E-state index contributed by atoms with van der Waals surface area (Å²) in [5, 5.41) is 15.3. The lowest BCUT2D eigenvalue weighted by atomic mass is 10.2. The lowest BCUT2D eigenvalue weighted by Crippen LogP contribution is -2.24. The summed E-state index contributed by atoms with van der Waals surface area (Å²) >= 11 is 0. The average Bonchev–Trinajstić information content (AvgIpc) is 3.47. The fourth-order valence-electron chi connectivity index (χ4n) is 3.91. The van der Waals surface area contributed by atoms with Crippen molar-refractivity contribution in [2.24, 2.45) is 9.98 Å². The molecule has 0 saturated carbocycles. The number of hydrogen-bond acceptors (Lipinski definition) is 7. The number of H-pyrrole nitrogens is 1. The molecule has 2 aromatic carbocycles. The standard InChI is InChI=1S/C24H23N9O2/c1-15(34)25-10-2-3-12-33(21-6-4-5-18-17(21)14-27-32-18)22-9-11-26-23(31-22)28-16-7-8-19-20(13-16)30-24(35)29-19/h4-9,11,13-14H,2-3,10,12H2,1H3,(H,25,34)(H,27,32)(H,26,28,31). The number of nitrogens with one attached hydrogen (secondary N) is 3. The van der Waals surface area contributed by atoms with E-state index < -0.39 is 6.03 Å². The van der Waals surface area contributed by atoms with E-state index >= 15 is 0 Å². The SMILES string of the molecule is CC(=O)NCCCCN(c1ccnc(Nc2ccc3c(c2)=NC(=O)N=3)n1)c1cccc2[nH]ncc12. The van der Waals surface area contributed by atoms with Gasteiger partial charge in [0, 0.05) is 37.3 Å². The minimum Gasteiger partial charge on any atom is -0.356 e. The number of amides is 3. The van der Waals surface area contributed by atoms with Crippen LogP contribution in [0.4, 0.5) is 27.9 Å². The Kier molecular flexibility index (Phi) is 6.12. The first kappa shape index (κ1) is 22.1. The number of benzene rings is 2. The van der Waals surface area contributed by atoms with Gasteiger partial charge in [0.15, 0.2) is 0 Å². The van der Waals surface area contributed by atoms with Crippen LogP contribution in [0.1, 0.15) is 19.8 Å². The largest absolute Gasteiger partial charge is 0.368 e.